The first-order valence-electron chi connectivity index (χ1n) is 4.88. The zero-order valence-corrected chi connectivity index (χ0v) is 10.9. The standard InChI is InChI=1S/C10H8BrF2NO5/c11-4-6-2-7(19-10(12)13)1-5(3-8(15)16)9(6)14(17)18/h1-2,10H,3-4H2,(H,15,16). The SMILES string of the molecule is O=C(O)Cc1cc(OC(F)F)cc(CBr)c1[N+](=O)[O-]. The predicted molar refractivity (Wildman–Crippen MR) is 63.7 cm³/mol. The van der Waals surface area contributed by atoms with Gasteiger partial charge >= 0.3 is 12.6 Å². The smallest absolute Gasteiger partial charge is 0.387 e. The van der Waals surface area contributed by atoms with Gasteiger partial charge in [0.2, 0.25) is 0 Å². The van der Waals surface area contributed by atoms with E-state index in [0.717, 1.165) is 12.1 Å². The number of hydrogen-bond donors (Lipinski definition) is 1. The molecule has 1 aromatic carbocycles. The molecule has 104 valence electrons. The average Bonchev–Trinajstić information content (AvgIpc) is 2.25. The van der Waals surface area contributed by atoms with Gasteiger partial charge in [-0.25, -0.2) is 0 Å². The van der Waals surface area contributed by atoms with Gasteiger partial charge < -0.3 is 9.84 Å². The van der Waals surface area contributed by atoms with Gasteiger partial charge in [-0.3, -0.25) is 14.9 Å². The first-order valence-corrected chi connectivity index (χ1v) is 6.00. The summed E-state index contributed by atoms with van der Waals surface area (Å²) in [5.74, 6) is -1.62. The number of alkyl halides is 3. The van der Waals surface area contributed by atoms with Gasteiger partial charge in [0.05, 0.1) is 11.3 Å². The molecule has 0 fully saturated rings. The fourth-order valence-corrected chi connectivity index (χ4v) is 1.96. The Kier molecular flexibility index (Phi) is 5.16. The molecule has 0 aromatic heterocycles. The number of nitro benzene ring substituents is 1. The molecule has 0 radical (unpaired) electrons. The molecule has 0 amide bonds. The number of rotatable bonds is 6. The van der Waals surface area contributed by atoms with Crippen molar-refractivity contribution in [1.82, 2.24) is 0 Å². The van der Waals surface area contributed by atoms with Crippen LogP contribution in [0.1, 0.15) is 11.1 Å². The number of halogens is 3. The second kappa shape index (κ2) is 6.41. The summed E-state index contributed by atoms with van der Waals surface area (Å²) < 4.78 is 28.4. The number of carboxylic acid groups (broad SMARTS) is 1. The molecule has 6 nitrogen and oxygen atoms in total. The van der Waals surface area contributed by atoms with Crippen LogP contribution >= 0.6 is 15.9 Å². The van der Waals surface area contributed by atoms with Crippen LogP contribution in [0.2, 0.25) is 0 Å². The van der Waals surface area contributed by atoms with Crippen LogP contribution in [0.5, 0.6) is 5.75 Å². The maximum absolute atomic E-state index is 12.1. The molecule has 0 aliphatic rings. The molecule has 0 heterocycles. The van der Waals surface area contributed by atoms with Gasteiger partial charge in [-0.15, -0.1) is 0 Å². The van der Waals surface area contributed by atoms with Gasteiger partial charge in [0.25, 0.3) is 5.69 Å². The van der Waals surface area contributed by atoms with E-state index in [-0.39, 0.29) is 22.2 Å². The number of ether oxygens (including phenoxy) is 1. The quantitative estimate of drug-likeness (QED) is 0.489. The Hall–Kier alpha value is -1.77. The van der Waals surface area contributed by atoms with E-state index >= 15 is 0 Å². The van der Waals surface area contributed by atoms with E-state index in [4.69, 9.17) is 5.11 Å². The molecular formula is C10H8BrF2NO5. The largest absolute Gasteiger partial charge is 0.481 e. The van der Waals surface area contributed by atoms with Crippen LogP contribution in [-0.2, 0) is 16.5 Å². The lowest BCUT2D eigenvalue weighted by atomic mass is 10.0. The number of nitro groups is 1. The molecule has 0 atom stereocenters. The number of carboxylic acids is 1. The summed E-state index contributed by atoms with van der Waals surface area (Å²) in [5, 5.41) is 19.6. The Morgan fingerprint density at radius 2 is 2.05 bits per heavy atom. The summed E-state index contributed by atoms with van der Waals surface area (Å²) in [6, 6.07) is 2.01. The van der Waals surface area contributed by atoms with Gasteiger partial charge in [-0.1, -0.05) is 15.9 Å². The average molecular weight is 340 g/mol. The summed E-state index contributed by atoms with van der Waals surface area (Å²) in [7, 11) is 0. The van der Waals surface area contributed by atoms with E-state index in [0.29, 0.717) is 0 Å². The number of aliphatic carboxylic acids is 1. The van der Waals surface area contributed by atoms with E-state index in [1.807, 2.05) is 0 Å². The van der Waals surface area contributed by atoms with Crippen LogP contribution in [0.25, 0.3) is 0 Å². The monoisotopic (exact) mass is 339 g/mol. The minimum Gasteiger partial charge on any atom is -0.481 e. The van der Waals surface area contributed by atoms with E-state index < -0.39 is 29.6 Å². The van der Waals surface area contributed by atoms with E-state index in [1.54, 1.807) is 0 Å². The van der Waals surface area contributed by atoms with Gasteiger partial charge in [-0.05, 0) is 12.1 Å². The van der Waals surface area contributed by atoms with E-state index in [9.17, 15) is 23.7 Å². The number of benzene rings is 1. The molecule has 1 rings (SSSR count). The lowest BCUT2D eigenvalue weighted by Crippen LogP contribution is -2.08. The highest BCUT2D eigenvalue weighted by atomic mass is 79.9. The van der Waals surface area contributed by atoms with Gasteiger partial charge in [-0.2, -0.15) is 8.78 Å². The lowest BCUT2D eigenvalue weighted by molar-refractivity contribution is -0.386. The van der Waals surface area contributed by atoms with Crippen LogP contribution in [0.3, 0.4) is 0 Å². The molecule has 0 aliphatic carbocycles. The van der Waals surface area contributed by atoms with Gasteiger partial charge in [0.15, 0.2) is 0 Å². The second-order valence-corrected chi connectivity index (χ2v) is 3.99. The van der Waals surface area contributed by atoms with Crippen molar-refractivity contribution < 1.29 is 28.3 Å². The van der Waals surface area contributed by atoms with E-state index in [2.05, 4.69) is 20.7 Å². The highest BCUT2D eigenvalue weighted by Gasteiger charge is 2.23. The zero-order valence-electron chi connectivity index (χ0n) is 9.31. The van der Waals surface area contributed by atoms with Gasteiger partial charge in [0.1, 0.15) is 5.75 Å². The molecule has 0 saturated heterocycles. The first kappa shape index (κ1) is 15.3. The summed E-state index contributed by atoms with van der Waals surface area (Å²) in [5.41, 5.74) is -0.537. The minimum atomic E-state index is -3.10. The maximum atomic E-state index is 12.1. The number of hydrogen-bond acceptors (Lipinski definition) is 4. The van der Waals surface area contributed by atoms with Crippen molar-refractivity contribution in [1.29, 1.82) is 0 Å². The molecule has 0 saturated carbocycles. The molecule has 0 spiro atoms. The third kappa shape index (κ3) is 4.12. The minimum absolute atomic E-state index is 0.0103. The topological polar surface area (TPSA) is 89.7 Å². The molecule has 19 heavy (non-hydrogen) atoms. The number of nitrogens with zero attached hydrogens (tertiary/aromatic N) is 1. The molecule has 0 unspecified atom stereocenters. The summed E-state index contributed by atoms with van der Waals surface area (Å²) in [4.78, 5) is 20.8. The Morgan fingerprint density at radius 1 is 1.47 bits per heavy atom. The summed E-state index contributed by atoms with van der Waals surface area (Å²) >= 11 is 2.98. The first-order chi connectivity index (χ1) is 8.85. The number of carbonyl (C=O) groups is 1. The molecule has 0 bridgehead atoms. The van der Waals surface area contributed by atoms with Crippen LogP contribution < -0.4 is 4.74 Å². The van der Waals surface area contributed by atoms with Crippen molar-refractivity contribution in [2.45, 2.75) is 18.4 Å². The van der Waals surface area contributed by atoms with Crippen molar-refractivity contribution in [3.63, 3.8) is 0 Å². The van der Waals surface area contributed by atoms with Crippen molar-refractivity contribution in [3.8, 4) is 5.75 Å². The molecule has 1 N–H and O–H groups in total. The van der Waals surface area contributed by atoms with Crippen LogP contribution in [0, 0.1) is 10.1 Å². The van der Waals surface area contributed by atoms with Crippen LogP contribution in [0.15, 0.2) is 12.1 Å². The zero-order chi connectivity index (χ0) is 14.6. The normalized spacial score (nSPS) is 10.5. The van der Waals surface area contributed by atoms with Crippen molar-refractivity contribution in [2.75, 3.05) is 0 Å². The molecular weight excluding hydrogens is 332 g/mol. The molecule has 0 aliphatic heterocycles. The maximum Gasteiger partial charge on any atom is 0.387 e. The van der Waals surface area contributed by atoms with Crippen LogP contribution in [0.4, 0.5) is 14.5 Å². The van der Waals surface area contributed by atoms with Crippen molar-refractivity contribution in [2.24, 2.45) is 0 Å². The van der Waals surface area contributed by atoms with Crippen molar-refractivity contribution >= 4 is 27.6 Å². The fraction of sp³-hybridized carbons (Fsp3) is 0.300. The Bertz CT molecular complexity index is 509. The third-order valence-corrected chi connectivity index (χ3v) is 2.74. The highest BCUT2D eigenvalue weighted by molar-refractivity contribution is 9.08. The Morgan fingerprint density at radius 3 is 2.47 bits per heavy atom. The fourth-order valence-electron chi connectivity index (χ4n) is 1.53. The third-order valence-electron chi connectivity index (χ3n) is 2.13. The van der Waals surface area contributed by atoms with Crippen LogP contribution in [-0.4, -0.2) is 22.6 Å². The van der Waals surface area contributed by atoms with Gasteiger partial charge in [0, 0.05) is 16.5 Å². The Labute approximate surface area is 114 Å². The lowest BCUT2D eigenvalue weighted by Gasteiger charge is -2.10. The Balaban J connectivity index is 3.35. The van der Waals surface area contributed by atoms with E-state index in [1.165, 1.54) is 0 Å². The highest BCUT2D eigenvalue weighted by Crippen LogP contribution is 2.32. The second-order valence-electron chi connectivity index (χ2n) is 3.43. The summed E-state index contributed by atoms with van der Waals surface area (Å²) in [6.07, 6.45) is -0.656. The van der Waals surface area contributed by atoms with Crippen molar-refractivity contribution in [3.05, 3.63) is 33.4 Å². The summed E-state index contributed by atoms with van der Waals surface area (Å²) in [6.45, 7) is -3.10. The molecule has 9 heteroatoms. The molecule has 1 aromatic rings. The predicted octanol–water partition coefficient (Wildman–Crippen LogP) is 2.72.